The SMILES string of the molecule is CCC(N)C#Cc1cc2cc(F)ccc2o1. The summed E-state index contributed by atoms with van der Waals surface area (Å²) in [6.07, 6.45) is 0.794. The van der Waals surface area contributed by atoms with Gasteiger partial charge in [-0.15, -0.1) is 0 Å². The minimum absolute atomic E-state index is 0.148. The van der Waals surface area contributed by atoms with Crippen molar-refractivity contribution in [2.45, 2.75) is 19.4 Å². The summed E-state index contributed by atoms with van der Waals surface area (Å²) < 4.78 is 18.3. The molecule has 1 unspecified atom stereocenters. The van der Waals surface area contributed by atoms with Crippen LogP contribution in [0, 0.1) is 17.7 Å². The lowest BCUT2D eigenvalue weighted by molar-refractivity contribution is 0.597. The van der Waals surface area contributed by atoms with Crippen LogP contribution >= 0.6 is 0 Å². The highest BCUT2D eigenvalue weighted by Crippen LogP contribution is 2.19. The summed E-state index contributed by atoms with van der Waals surface area (Å²) in [7, 11) is 0. The fourth-order valence-electron chi connectivity index (χ4n) is 1.34. The van der Waals surface area contributed by atoms with Crippen LogP contribution in [0.4, 0.5) is 4.39 Å². The highest BCUT2D eigenvalue weighted by atomic mass is 19.1. The zero-order chi connectivity index (χ0) is 11.5. The van der Waals surface area contributed by atoms with Gasteiger partial charge in [-0.05, 0) is 30.5 Å². The second-order valence-corrected chi connectivity index (χ2v) is 3.58. The second kappa shape index (κ2) is 4.38. The molecule has 0 aliphatic rings. The molecule has 16 heavy (non-hydrogen) atoms. The molecule has 0 fully saturated rings. The van der Waals surface area contributed by atoms with Gasteiger partial charge in [0.15, 0.2) is 5.76 Å². The van der Waals surface area contributed by atoms with Gasteiger partial charge >= 0.3 is 0 Å². The predicted molar refractivity (Wildman–Crippen MR) is 61.3 cm³/mol. The standard InChI is InChI=1S/C13H12FNO/c1-2-11(15)4-5-12-8-9-7-10(14)3-6-13(9)16-12/h3,6-8,11H,2,15H2,1H3. The molecule has 0 saturated carbocycles. The van der Waals surface area contributed by atoms with Gasteiger partial charge in [-0.2, -0.15) is 0 Å². The fraction of sp³-hybridized carbons (Fsp3) is 0.231. The first kappa shape index (κ1) is 10.7. The number of hydrogen-bond donors (Lipinski definition) is 1. The fourth-order valence-corrected chi connectivity index (χ4v) is 1.34. The molecule has 2 aromatic rings. The average Bonchev–Trinajstić information content (AvgIpc) is 2.67. The summed E-state index contributed by atoms with van der Waals surface area (Å²) in [6.45, 7) is 1.97. The Bertz CT molecular complexity index is 562. The van der Waals surface area contributed by atoms with Gasteiger partial charge in [-0.3, -0.25) is 0 Å². The zero-order valence-corrected chi connectivity index (χ0v) is 8.96. The van der Waals surface area contributed by atoms with Crippen molar-refractivity contribution < 1.29 is 8.81 Å². The van der Waals surface area contributed by atoms with Gasteiger partial charge < -0.3 is 10.2 Å². The smallest absolute Gasteiger partial charge is 0.178 e. The summed E-state index contributed by atoms with van der Waals surface area (Å²) in [5.41, 5.74) is 6.30. The molecule has 2 N–H and O–H groups in total. The number of benzene rings is 1. The molecular formula is C13H12FNO. The Balaban J connectivity index is 2.35. The maximum atomic E-state index is 12.9. The van der Waals surface area contributed by atoms with E-state index in [1.165, 1.54) is 12.1 Å². The summed E-state index contributed by atoms with van der Waals surface area (Å²) >= 11 is 0. The number of fused-ring (bicyclic) bond motifs is 1. The average molecular weight is 217 g/mol. The van der Waals surface area contributed by atoms with E-state index < -0.39 is 0 Å². The summed E-state index contributed by atoms with van der Waals surface area (Å²) in [5, 5.41) is 0.717. The summed E-state index contributed by atoms with van der Waals surface area (Å²) in [5.74, 6) is 5.94. The van der Waals surface area contributed by atoms with E-state index in [1.807, 2.05) is 6.92 Å². The molecule has 0 saturated heterocycles. The highest BCUT2D eigenvalue weighted by Gasteiger charge is 2.02. The lowest BCUT2D eigenvalue weighted by atomic mass is 10.2. The Labute approximate surface area is 93.2 Å². The Morgan fingerprint density at radius 1 is 1.44 bits per heavy atom. The number of halogens is 1. The van der Waals surface area contributed by atoms with E-state index in [1.54, 1.807) is 12.1 Å². The van der Waals surface area contributed by atoms with Crippen LogP contribution in [0.2, 0.25) is 0 Å². The van der Waals surface area contributed by atoms with E-state index in [2.05, 4.69) is 11.8 Å². The lowest BCUT2D eigenvalue weighted by Crippen LogP contribution is -2.15. The molecule has 0 radical (unpaired) electrons. The predicted octanol–water partition coefficient (Wildman–Crippen LogP) is 2.66. The van der Waals surface area contributed by atoms with Gasteiger partial charge in [0.05, 0.1) is 6.04 Å². The van der Waals surface area contributed by atoms with Gasteiger partial charge in [-0.25, -0.2) is 4.39 Å². The first-order valence-corrected chi connectivity index (χ1v) is 5.15. The molecule has 1 aromatic heterocycles. The van der Waals surface area contributed by atoms with E-state index in [-0.39, 0.29) is 11.9 Å². The minimum atomic E-state index is -0.280. The van der Waals surface area contributed by atoms with Crippen molar-refractivity contribution in [2.75, 3.05) is 0 Å². The maximum Gasteiger partial charge on any atom is 0.178 e. The van der Waals surface area contributed by atoms with Crippen molar-refractivity contribution in [3.05, 3.63) is 35.8 Å². The Morgan fingerprint density at radius 2 is 2.25 bits per heavy atom. The third-order valence-corrected chi connectivity index (χ3v) is 2.30. The lowest BCUT2D eigenvalue weighted by Gasteiger charge is -1.93. The quantitative estimate of drug-likeness (QED) is 0.746. The van der Waals surface area contributed by atoms with Crippen LogP contribution in [-0.2, 0) is 0 Å². The summed E-state index contributed by atoms with van der Waals surface area (Å²) in [6, 6.07) is 5.94. The van der Waals surface area contributed by atoms with E-state index in [9.17, 15) is 4.39 Å². The maximum absolute atomic E-state index is 12.9. The molecule has 2 rings (SSSR count). The zero-order valence-electron chi connectivity index (χ0n) is 8.96. The molecule has 0 aliphatic heterocycles. The van der Waals surface area contributed by atoms with Crippen LogP contribution < -0.4 is 5.73 Å². The van der Waals surface area contributed by atoms with Crippen LogP contribution in [0.1, 0.15) is 19.1 Å². The van der Waals surface area contributed by atoms with Crippen molar-refractivity contribution in [3.8, 4) is 11.8 Å². The molecule has 1 aromatic carbocycles. The van der Waals surface area contributed by atoms with Crippen molar-refractivity contribution >= 4 is 11.0 Å². The molecule has 3 heteroatoms. The molecule has 0 aliphatic carbocycles. The van der Waals surface area contributed by atoms with Crippen LogP contribution in [-0.4, -0.2) is 6.04 Å². The minimum Gasteiger partial charge on any atom is -0.448 e. The van der Waals surface area contributed by atoms with E-state index in [4.69, 9.17) is 10.2 Å². The van der Waals surface area contributed by atoms with Gasteiger partial charge in [0.1, 0.15) is 11.4 Å². The van der Waals surface area contributed by atoms with E-state index in [0.29, 0.717) is 11.3 Å². The summed E-state index contributed by atoms with van der Waals surface area (Å²) in [4.78, 5) is 0. The number of furan rings is 1. The monoisotopic (exact) mass is 217 g/mol. The normalized spacial score (nSPS) is 12.2. The largest absolute Gasteiger partial charge is 0.448 e. The highest BCUT2D eigenvalue weighted by molar-refractivity contribution is 5.78. The molecule has 0 bridgehead atoms. The van der Waals surface area contributed by atoms with Gasteiger partial charge in [0.2, 0.25) is 0 Å². The third kappa shape index (κ3) is 2.23. The van der Waals surface area contributed by atoms with Crippen molar-refractivity contribution in [1.82, 2.24) is 0 Å². The van der Waals surface area contributed by atoms with E-state index >= 15 is 0 Å². The molecular weight excluding hydrogens is 205 g/mol. The number of rotatable bonds is 1. The van der Waals surface area contributed by atoms with Crippen LogP contribution in [0.5, 0.6) is 0 Å². The van der Waals surface area contributed by atoms with Crippen molar-refractivity contribution in [3.63, 3.8) is 0 Å². The van der Waals surface area contributed by atoms with Gasteiger partial charge in [0.25, 0.3) is 0 Å². The number of hydrogen-bond acceptors (Lipinski definition) is 2. The van der Waals surface area contributed by atoms with Gasteiger partial charge in [-0.1, -0.05) is 12.8 Å². The third-order valence-electron chi connectivity index (χ3n) is 2.30. The molecule has 2 nitrogen and oxygen atoms in total. The molecule has 1 atom stereocenters. The first-order valence-electron chi connectivity index (χ1n) is 5.15. The van der Waals surface area contributed by atoms with Crippen LogP contribution in [0.3, 0.4) is 0 Å². The second-order valence-electron chi connectivity index (χ2n) is 3.58. The van der Waals surface area contributed by atoms with Gasteiger partial charge in [0, 0.05) is 11.5 Å². The Hall–Kier alpha value is -1.79. The van der Waals surface area contributed by atoms with Crippen LogP contribution in [0.15, 0.2) is 28.7 Å². The van der Waals surface area contributed by atoms with E-state index in [0.717, 1.165) is 11.8 Å². The Morgan fingerprint density at radius 3 is 3.00 bits per heavy atom. The van der Waals surface area contributed by atoms with Crippen molar-refractivity contribution in [1.29, 1.82) is 0 Å². The molecule has 0 amide bonds. The topological polar surface area (TPSA) is 39.2 Å². The van der Waals surface area contributed by atoms with Crippen LogP contribution in [0.25, 0.3) is 11.0 Å². The molecule has 82 valence electrons. The molecule has 0 spiro atoms. The Kier molecular flexibility index (Phi) is 2.93. The first-order chi connectivity index (χ1) is 7.69. The number of nitrogens with two attached hydrogens (primary N) is 1. The van der Waals surface area contributed by atoms with Crippen molar-refractivity contribution in [2.24, 2.45) is 5.73 Å². The molecule has 1 heterocycles.